The minimum absolute atomic E-state index is 0.00414. The highest BCUT2D eigenvalue weighted by molar-refractivity contribution is 8.07. The van der Waals surface area contributed by atoms with Crippen molar-refractivity contribution in [2.75, 3.05) is 18.9 Å². The van der Waals surface area contributed by atoms with Crippen molar-refractivity contribution < 1.29 is 42.1 Å². The van der Waals surface area contributed by atoms with Crippen molar-refractivity contribution in [3.05, 3.63) is 39.7 Å². The zero-order valence-electron chi connectivity index (χ0n) is 21.5. The molecule has 4 aromatic rings. The molecule has 0 amide bonds. The van der Waals surface area contributed by atoms with Gasteiger partial charge in [0.2, 0.25) is 5.95 Å². The monoisotopic (exact) mass is 658 g/mol. The van der Waals surface area contributed by atoms with Crippen molar-refractivity contribution in [3.63, 3.8) is 0 Å². The Balaban J connectivity index is 1.17. The van der Waals surface area contributed by atoms with E-state index in [0.29, 0.717) is 0 Å². The number of aromatic amines is 2. The summed E-state index contributed by atoms with van der Waals surface area (Å²) in [5.74, 6) is -0.153. The predicted octanol–water partition coefficient (Wildman–Crippen LogP) is -0.928. The number of ether oxygens (including phenoxy) is 2. The molecule has 9 atom stereocenters. The van der Waals surface area contributed by atoms with Crippen LogP contribution in [-0.2, 0) is 43.9 Å². The van der Waals surface area contributed by atoms with Crippen LogP contribution in [0.15, 0.2) is 28.6 Å². The van der Waals surface area contributed by atoms with Gasteiger partial charge in [0.05, 0.1) is 31.7 Å². The number of aromatic nitrogens is 8. The van der Waals surface area contributed by atoms with E-state index in [4.69, 9.17) is 45.1 Å². The quantitative estimate of drug-likeness (QED) is 0.163. The molecule has 0 spiro atoms. The van der Waals surface area contributed by atoms with Gasteiger partial charge < -0.3 is 39.2 Å². The van der Waals surface area contributed by atoms with Crippen LogP contribution >= 0.6 is 15.0 Å². The highest BCUT2D eigenvalue weighted by Gasteiger charge is 2.52. The largest absolute Gasteiger partial charge is 0.697 e. The number of imidazole rings is 2. The molecule has 0 radical (unpaired) electrons. The maximum Gasteiger partial charge on any atom is 0.697 e. The second kappa shape index (κ2) is 10.8. The molecule has 2 unspecified atom stereocenters. The van der Waals surface area contributed by atoms with E-state index in [9.17, 15) is 24.2 Å². The van der Waals surface area contributed by atoms with Crippen molar-refractivity contribution in [2.24, 2.45) is 0 Å². The minimum atomic E-state index is -4.03. The molecule has 6 N–H and O–H groups in total. The van der Waals surface area contributed by atoms with Gasteiger partial charge in [-0.05, 0) is 11.8 Å². The van der Waals surface area contributed by atoms with Crippen LogP contribution in [0, 0.1) is 0 Å². The Labute approximate surface area is 244 Å². The standard InChI is InChI=1S/C20H21N9O11P2S/c21-20-26-15-11(17(32)27-20)25-6-29(15)18-8-1-7(37-18)2-35-41(33)39-13-9(3-36-42(34,43)40-8)38-19(12(13)30)28-5-24-10-14(28)22-4-23-16(10)31/h4-9,12-13,18-19,30H,1-3H2,(H4-,21,22,23,26,27,31,32,34,43)/p+1/t7-,8+,9+,12+,13+,18+,19+,42?/m0/s1. The van der Waals surface area contributed by atoms with Gasteiger partial charge in [-0.3, -0.25) is 23.7 Å². The van der Waals surface area contributed by atoms with Gasteiger partial charge in [0.25, 0.3) is 11.1 Å². The average molecular weight is 658 g/mol. The lowest BCUT2D eigenvalue weighted by Crippen LogP contribution is -2.35. The Morgan fingerprint density at radius 1 is 1.05 bits per heavy atom. The molecule has 43 heavy (non-hydrogen) atoms. The summed E-state index contributed by atoms with van der Waals surface area (Å²) < 4.78 is 50.0. The van der Waals surface area contributed by atoms with E-state index in [2.05, 4.69) is 29.9 Å². The third-order valence-electron chi connectivity index (χ3n) is 7.06. The summed E-state index contributed by atoms with van der Waals surface area (Å²) >= 11 is 5.28. The third kappa shape index (κ3) is 5.21. The first-order chi connectivity index (χ1) is 20.6. The molecule has 23 heteroatoms. The average Bonchev–Trinajstić information content (AvgIpc) is 3.72. The summed E-state index contributed by atoms with van der Waals surface area (Å²) in [5, 5.41) is 11.1. The number of nitrogens with one attached hydrogen (secondary N) is 2. The first kappa shape index (κ1) is 28.7. The van der Waals surface area contributed by atoms with E-state index < -0.39 is 75.7 Å². The van der Waals surface area contributed by atoms with Crippen LogP contribution in [0.1, 0.15) is 18.9 Å². The number of nitrogens with zero attached hydrogens (tertiary/aromatic N) is 6. The smallest absolute Gasteiger partial charge is 0.385 e. The topological polar surface area (TPSA) is 266 Å². The third-order valence-corrected chi connectivity index (χ3v) is 9.43. The fraction of sp³-hybridized carbons (Fsp3) is 0.500. The predicted molar refractivity (Wildman–Crippen MR) is 145 cm³/mol. The lowest BCUT2D eigenvalue weighted by atomic mass is 10.1. The van der Waals surface area contributed by atoms with E-state index in [1.165, 1.54) is 28.1 Å². The Kier molecular flexibility index (Phi) is 7.22. The molecule has 3 saturated heterocycles. The summed E-state index contributed by atoms with van der Waals surface area (Å²) in [6.45, 7) is -4.74. The number of nitrogen functional groups attached to an aromatic ring is 1. The SMILES string of the molecule is Nc1nc2c(ncn2[C@@H]2O[C@@H]3CO[P+](=O)O[C@H]4[C@@H](O)[C@H](n5cnc6c(=O)[nH]cnc65)O[C@@H]4COP(O)(=S)O[C@@H]2C3)c(=O)[nH]1. The fourth-order valence-electron chi connectivity index (χ4n) is 5.20. The van der Waals surface area contributed by atoms with Crippen molar-refractivity contribution in [3.8, 4) is 0 Å². The van der Waals surface area contributed by atoms with E-state index in [1.807, 2.05) is 0 Å². The molecule has 7 heterocycles. The molecular weight excluding hydrogens is 636 g/mol. The number of fused-ring (bicyclic) bond motifs is 5. The van der Waals surface area contributed by atoms with Gasteiger partial charge >= 0.3 is 15.0 Å². The molecule has 0 aliphatic carbocycles. The molecule has 0 saturated carbocycles. The molecule has 3 fully saturated rings. The number of nitrogens with two attached hydrogens (primary N) is 1. The van der Waals surface area contributed by atoms with Crippen LogP contribution < -0.4 is 16.9 Å². The van der Waals surface area contributed by atoms with Crippen molar-refractivity contribution in [1.82, 2.24) is 39.0 Å². The van der Waals surface area contributed by atoms with E-state index >= 15 is 0 Å². The Morgan fingerprint density at radius 2 is 1.79 bits per heavy atom. The summed E-state index contributed by atoms with van der Waals surface area (Å²) in [6.07, 6.45) is -4.00. The number of rotatable bonds is 2. The first-order valence-electron chi connectivity index (χ1n) is 12.6. The fourth-order valence-corrected chi connectivity index (χ4v) is 7.45. The molecule has 7 rings (SSSR count). The number of hydrogen-bond donors (Lipinski definition) is 5. The number of H-pyrrole nitrogens is 2. The lowest BCUT2D eigenvalue weighted by Gasteiger charge is -2.25. The Morgan fingerprint density at radius 3 is 2.58 bits per heavy atom. The van der Waals surface area contributed by atoms with Crippen molar-refractivity contribution in [2.45, 2.75) is 49.4 Å². The molecule has 228 valence electrons. The molecule has 20 nitrogen and oxygen atoms in total. The zero-order valence-corrected chi connectivity index (χ0v) is 24.1. The van der Waals surface area contributed by atoms with Crippen LogP contribution in [0.3, 0.4) is 0 Å². The highest BCUT2D eigenvalue weighted by atomic mass is 32.5. The van der Waals surface area contributed by atoms with Crippen LogP contribution in [0.25, 0.3) is 22.3 Å². The van der Waals surface area contributed by atoms with E-state index in [1.54, 1.807) is 0 Å². The van der Waals surface area contributed by atoms with Crippen molar-refractivity contribution >= 4 is 55.1 Å². The van der Waals surface area contributed by atoms with Gasteiger partial charge in [-0.2, -0.15) is 4.98 Å². The summed E-state index contributed by atoms with van der Waals surface area (Å²) in [5.41, 5.74) is 4.85. The molecule has 2 bridgehead atoms. The molecule has 3 aliphatic heterocycles. The molecule has 4 aromatic heterocycles. The first-order valence-corrected chi connectivity index (χ1v) is 16.3. The van der Waals surface area contributed by atoms with Crippen LogP contribution in [0.4, 0.5) is 5.95 Å². The lowest BCUT2D eigenvalue weighted by molar-refractivity contribution is -0.0590. The summed E-state index contributed by atoms with van der Waals surface area (Å²) in [6, 6.07) is 0. The van der Waals surface area contributed by atoms with E-state index in [0.717, 1.165) is 0 Å². The summed E-state index contributed by atoms with van der Waals surface area (Å²) in [4.78, 5) is 56.5. The van der Waals surface area contributed by atoms with E-state index in [-0.39, 0.29) is 41.3 Å². The minimum Gasteiger partial charge on any atom is -0.385 e. The number of anilines is 1. The van der Waals surface area contributed by atoms with Gasteiger partial charge in [0.1, 0.15) is 24.9 Å². The number of aliphatic hydroxyl groups is 1. The van der Waals surface area contributed by atoms with Gasteiger partial charge in [-0.25, -0.2) is 15.0 Å². The highest BCUT2D eigenvalue weighted by Crippen LogP contribution is 2.51. The second-order valence-electron chi connectivity index (χ2n) is 9.77. The van der Waals surface area contributed by atoms with Gasteiger partial charge in [0, 0.05) is 11.0 Å². The number of hydrogen-bond acceptors (Lipinski definition) is 16. The Bertz CT molecular complexity index is 1900. The summed E-state index contributed by atoms with van der Waals surface area (Å²) in [7, 11) is -2.84. The van der Waals surface area contributed by atoms with Gasteiger partial charge in [0.15, 0.2) is 40.9 Å². The number of aliphatic hydroxyl groups excluding tert-OH is 1. The Hall–Kier alpha value is -3.07. The second-order valence-corrected chi connectivity index (χ2v) is 13.5. The van der Waals surface area contributed by atoms with Gasteiger partial charge in [-0.15, -0.1) is 9.05 Å². The van der Waals surface area contributed by atoms with Crippen LogP contribution in [-0.4, -0.2) is 92.8 Å². The molecule has 3 aliphatic rings. The van der Waals surface area contributed by atoms with Crippen LogP contribution in [0.2, 0.25) is 0 Å². The maximum absolute atomic E-state index is 12.9. The zero-order chi connectivity index (χ0) is 30.0. The van der Waals surface area contributed by atoms with Crippen molar-refractivity contribution in [1.29, 1.82) is 0 Å². The maximum atomic E-state index is 12.9. The van der Waals surface area contributed by atoms with Crippen LogP contribution in [0.5, 0.6) is 0 Å². The molecule has 0 aromatic carbocycles. The van der Waals surface area contributed by atoms with Gasteiger partial charge in [-0.1, -0.05) is 0 Å². The normalized spacial score (nSPS) is 34.6. The molecular formula is C20H22N9O11P2S+.